The minimum atomic E-state index is -0.140. The largest absolute Gasteiger partial charge is 0.390 e. The number of nitrogens with one attached hydrogen (secondary N) is 2. The Balaban J connectivity index is 1.08. The van der Waals surface area contributed by atoms with E-state index < -0.39 is 0 Å². The number of H-pyrrole nitrogens is 1. The van der Waals surface area contributed by atoms with Gasteiger partial charge in [0.05, 0.1) is 33.7 Å². The molecule has 1 aliphatic carbocycles. The molecule has 2 atom stereocenters. The van der Waals surface area contributed by atoms with Crippen LogP contribution < -0.4 is 5.32 Å². The normalized spacial score (nSPS) is 25.6. The lowest BCUT2D eigenvalue weighted by Crippen LogP contribution is -2.56. The molecule has 2 aromatic heterocycles. The molecule has 1 aromatic carbocycles. The van der Waals surface area contributed by atoms with Gasteiger partial charge >= 0.3 is 0 Å². The molecule has 2 unspecified atom stereocenters. The van der Waals surface area contributed by atoms with Gasteiger partial charge in [0.25, 0.3) is 0 Å². The number of anilines is 2. The molecular formula is C31H37ClN6O2. The monoisotopic (exact) mass is 560 g/mol. The van der Waals surface area contributed by atoms with Gasteiger partial charge in [-0.25, -0.2) is 9.97 Å². The van der Waals surface area contributed by atoms with Crippen LogP contribution in [0.3, 0.4) is 0 Å². The molecule has 8 nitrogen and oxygen atoms in total. The predicted octanol–water partition coefficient (Wildman–Crippen LogP) is 6.25. The Morgan fingerprint density at radius 3 is 2.70 bits per heavy atom. The average Bonchev–Trinajstić information content (AvgIpc) is 3.37. The first-order valence-corrected chi connectivity index (χ1v) is 14.8. The highest BCUT2D eigenvalue weighted by molar-refractivity contribution is 6.35. The molecule has 0 radical (unpaired) electrons. The summed E-state index contributed by atoms with van der Waals surface area (Å²) in [7, 11) is 0. The number of benzene rings is 1. The summed E-state index contributed by atoms with van der Waals surface area (Å²) in [5.74, 6) is 1.97. The Kier molecular flexibility index (Phi) is 7.75. The number of aromatic nitrogens is 3. The van der Waals surface area contributed by atoms with Crippen molar-refractivity contribution in [3.63, 3.8) is 0 Å². The van der Waals surface area contributed by atoms with Crippen molar-refractivity contribution in [3.05, 3.63) is 52.9 Å². The van der Waals surface area contributed by atoms with Crippen molar-refractivity contribution in [2.75, 3.05) is 18.4 Å². The summed E-state index contributed by atoms with van der Waals surface area (Å²) >= 11 is 6.62. The van der Waals surface area contributed by atoms with Gasteiger partial charge in [0.1, 0.15) is 0 Å². The van der Waals surface area contributed by atoms with Crippen LogP contribution in [0.15, 0.2) is 41.5 Å². The van der Waals surface area contributed by atoms with Gasteiger partial charge in [-0.1, -0.05) is 31.5 Å². The van der Waals surface area contributed by atoms with E-state index in [-0.39, 0.29) is 11.9 Å². The zero-order valence-corrected chi connectivity index (χ0v) is 23.9. The lowest BCUT2D eigenvalue weighted by atomic mass is 9.81. The molecule has 1 saturated carbocycles. The molecule has 2 fully saturated rings. The van der Waals surface area contributed by atoms with Crippen LogP contribution in [0.4, 0.5) is 11.6 Å². The fourth-order valence-corrected chi connectivity index (χ4v) is 6.37. The van der Waals surface area contributed by atoms with E-state index in [2.05, 4.69) is 50.1 Å². The number of carbonyl (C=O) groups excluding carboxylic acids is 1. The van der Waals surface area contributed by atoms with Gasteiger partial charge in [-0.2, -0.15) is 0 Å². The number of allylic oxidation sites excluding steroid dienone is 1. The van der Waals surface area contributed by atoms with E-state index >= 15 is 0 Å². The number of ketones is 1. The number of likely N-dealkylation sites (tertiary alicyclic amines) is 1. The van der Waals surface area contributed by atoms with Crippen molar-refractivity contribution < 1.29 is 9.90 Å². The molecule has 6 rings (SSSR count). The average molecular weight is 561 g/mol. The standard InChI is InChI=1S/C31H37ClN6O2/c1-18-11-27(34-15-19(18)2)26-9-10-33-31(37-26)35-22-12-21-13-28(36-30(21)25(32)14-22)29(40)8-5-20-3-6-23(7-4-20)38-16-24(39)17-38/h9-15,18-20,23-24,36,39H,3-8,16-17H2,1-2H3,(H,33,35,37). The van der Waals surface area contributed by atoms with E-state index in [0.717, 1.165) is 60.3 Å². The van der Waals surface area contributed by atoms with Crippen LogP contribution in [-0.4, -0.2) is 62.2 Å². The van der Waals surface area contributed by atoms with Crippen LogP contribution in [0.1, 0.15) is 68.6 Å². The zero-order valence-electron chi connectivity index (χ0n) is 23.1. The second-order valence-electron chi connectivity index (χ2n) is 11.8. The zero-order chi connectivity index (χ0) is 27.8. The molecule has 1 saturated heterocycles. The first kappa shape index (κ1) is 27.1. The Morgan fingerprint density at radius 2 is 1.95 bits per heavy atom. The number of fused-ring (bicyclic) bond motifs is 1. The number of aromatic amines is 1. The molecule has 9 heteroatoms. The number of hydrogen-bond acceptors (Lipinski definition) is 7. The van der Waals surface area contributed by atoms with Crippen molar-refractivity contribution in [3.8, 4) is 0 Å². The van der Waals surface area contributed by atoms with Gasteiger partial charge in [-0.15, -0.1) is 0 Å². The first-order chi connectivity index (χ1) is 19.3. The number of aliphatic hydroxyl groups excluding tert-OH is 1. The van der Waals surface area contributed by atoms with E-state index in [9.17, 15) is 9.90 Å². The van der Waals surface area contributed by atoms with Crippen LogP contribution in [0.25, 0.3) is 16.6 Å². The highest BCUT2D eigenvalue weighted by Crippen LogP contribution is 2.34. The van der Waals surface area contributed by atoms with E-state index in [1.807, 2.05) is 30.5 Å². The number of aliphatic hydroxyl groups is 1. The van der Waals surface area contributed by atoms with Gasteiger partial charge in [0, 0.05) is 49.0 Å². The summed E-state index contributed by atoms with van der Waals surface area (Å²) in [5.41, 5.74) is 3.72. The lowest BCUT2D eigenvalue weighted by molar-refractivity contribution is -0.0367. The van der Waals surface area contributed by atoms with Crippen LogP contribution in [-0.2, 0) is 0 Å². The van der Waals surface area contributed by atoms with E-state index in [0.29, 0.717) is 46.9 Å². The third-order valence-electron chi connectivity index (χ3n) is 8.86. The third-order valence-corrected chi connectivity index (χ3v) is 9.15. The Labute approximate surface area is 240 Å². The number of β-amino-alcohol motifs (C(OH)–C–C–N with tert-alkyl or cyclic N) is 1. The van der Waals surface area contributed by atoms with Crippen molar-refractivity contribution in [2.45, 2.75) is 64.5 Å². The quantitative estimate of drug-likeness (QED) is 0.281. The molecular weight excluding hydrogens is 524 g/mol. The van der Waals surface area contributed by atoms with Crippen molar-refractivity contribution in [1.29, 1.82) is 0 Å². The minimum Gasteiger partial charge on any atom is -0.390 e. The molecule has 3 aliphatic rings. The molecule has 3 aromatic rings. The molecule has 0 spiro atoms. The molecule has 40 heavy (non-hydrogen) atoms. The molecule has 4 heterocycles. The minimum absolute atomic E-state index is 0.121. The van der Waals surface area contributed by atoms with E-state index in [4.69, 9.17) is 11.6 Å². The summed E-state index contributed by atoms with van der Waals surface area (Å²) in [6.07, 6.45) is 11.8. The molecule has 2 aliphatic heterocycles. The van der Waals surface area contributed by atoms with Gasteiger partial charge < -0.3 is 15.4 Å². The maximum Gasteiger partial charge on any atom is 0.227 e. The number of aliphatic imine (C=N–C) groups is 1. The van der Waals surface area contributed by atoms with Gasteiger partial charge in [-0.05, 0) is 74.1 Å². The fourth-order valence-electron chi connectivity index (χ4n) is 6.10. The number of halogens is 1. The maximum absolute atomic E-state index is 13.1. The summed E-state index contributed by atoms with van der Waals surface area (Å²) in [6, 6.07) is 8.14. The van der Waals surface area contributed by atoms with E-state index in [1.165, 1.54) is 12.8 Å². The topological polar surface area (TPSA) is 106 Å². The highest BCUT2D eigenvalue weighted by Gasteiger charge is 2.33. The van der Waals surface area contributed by atoms with Gasteiger partial charge in [0.15, 0.2) is 5.78 Å². The molecule has 0 bridgehead atoms. The van der Waals surface area contributed by atoms with Crippen LogP contribution in [0.2, 0.25) is 5.02 Å². The second kappa shape index (κ2) is 11.4. The third kappa shape index (κ3) is 5.85. The molecule has 3 N–H and O–H groups in total. The van der Waals surface area contributed by atoms with Crippen molar-refractivity contribution in [2.24, 2.45) is 22.7 Å². The lowest BCUT2D eigenvalue weighted by Gasteiger charge is -2.44. The summed E-state index contributed by atoms with van der Waals surface area (Å²) in [6.45, 7) is 5.97. The number of hydrogen-bond donors (Lipinski definition) is 3. The number of carbonyl (C=O) groups is 1. The first-order valence-electron chi connectivity index (χ1n) is 14.5. The van der Waals surface area contributed by atoms with E-state index in [1.54, 1.807) is 6.20 Å². The van der Waals surface area contributed by atoms with Crippen molar-refractivity contribution in [1.82, 2.24) is 19.9 Å². The molecule has 0 amide bonds. The maximum atomic E-state index is 13.1. The number of nitrogens with zero attached hydrogens (tertiary/aromatic N) is 4. The van der Waals surface area contributed by atoms with Gasteiger partial charge in [0.2, 0.25) is 5.95 Å². The van der Waals surface area contributed by atoms with Crippen LogP contribution >= 0.6 is 11.6 Å². The summed E-state index contributed by atoms with van der Waals surface area (Å²) in [5, 5.41) is 14.2. The van der Waals surface area contributed by atoms with Crippen LogP contribution in [0, 0.1) is 17.8 Å². The van der Waals surface area contributed by atoms with Crippen LogP contribution in [0.5, 0.6) is 0 Å². The predicted molar refractivity (Wildman–Crippen MR) is 160 cm³/mol. The summed E-state index contributed by atoms with van der Waals surface area (Å²) < 4.78 is 0. The number of rotatable bonds is 8. The smallest absolute Gasteiger partial charge is 0.227 e. The number of Topliss-reactive ketones (excluding diaryl/α,β-unsaturated/α-hetero) is 1. The second-order valence-corrected chi connectivity index (χ2v) is 12.2. The highest BCUT2D eigenvalue weighted by atomic mass is 35.5. The summed E-state index contributed by atoms with van der Waals surface area (Å²) in [4.78, 5) is 32.3. The fraction of sp³-hybridized carbons (Fsp3) is 0.484. The molecule has 210 valence electrons. The SMILES string of the molecule is CC1C=NC(c2ccnc(Nc3cc(Cl)c4[nH]c(C(=O)CCC5CCC(N6CC(O)C6)CC5)cc4c3)n2)=CC1C. The van der Waals surface area contributed by atoms with Crippen molar-refractivity contribution >= 4 is 51.8 Å². The Bertz CT molecular complexity index is 1450. The van der Waals surface area contributed by atoms with Gasteiger partial charge in [-0.3, -0.25) is 14.7 Å². The Morgan fingerprint density at radius 1 is 1.15 bits per heavy atom. The Hall–Kier alpha value is -3.07.